The maximum absolute atomic E-state index is 12.0. The van der Waals surface area contributed by atoms with E-state index in [2.05, 4.69) is 11.8 Å². The lowest BCUT2D eigenvalue weighted by Crippen LogP contribution is -2.32. The van der Waals surface area contributed by atoms with Gasteiger partial charge in [-0.2, -0.15) is 0 Å². The molecule has 1 unspecified atom stereocenters. The first-order valence-electron chi connectivity index (χ1n) is 6.01. The zero-order valence-corrected chi connectivity index (χ0v) is 10.1. The van der Waals surface area contributed by atoms with Gasteiger partial charge in [0.2, 0.25) is 0 Å². The first kappa shape index (κ1) is 11.3. The van der Waals surface area contributed by atoms with Crippen LogP contribution in [0.2, 0.25) is 0 Å². The molecule has 0 radical (unpaired) electrons. The van der Waals surface area contributed by atoms with Crippen molar-refractivity contribution in [1.29, 1.82) is 0 Å². The van der Waals surface area contributed by atoms with Crippen LogP contribution >= 0.6 is 0 Å². The summed E-state index contributed by atoms with van der Waals surface area (Å²) < 4.78 is 0. The highest BCUT2D eigenvalue weighted by Crippen LogP contribution is 2.16. The van der Waals surface area contributed by atoms with Crippen molar-refractivity contribution in [2.75, 3.05) is 13.1 Å². The molecule has 1 aliphatic rings. The lowest BCUT2D eigenvalue weighted by molar-refractivity contribution is 0.0926. The quantitative estimate of drug-likeness (QED) is 0.725. The number of rotatable bonds is 3. The van der Waals surface area contributed by atoms with Crippen molar-refractivity contribution in [3.8, 4) is 0 Å². The summed E-state index contributed by atoms with van der Waals surface area (Å²) in [6.45, 7) is 5.88. The van der Waals surface area contributed by atoms with Crippen molar-refractivity contribution in [3.05, 3.63) is 35.4 Å². The molecule has 0 spiro atoms. The molecule has 86 valence electrons. The molecule has 16 heavy (non-hydrogen) atoms. The van der Waals surface area contributed by atoms with Gasteiger partial charge in [-0.05, 0) is 33.2 Å². The van der Waals surface area contributed by atoms with Gasteiger partial charge in [-0.15, -0.1) is 0 Å². The van der Waals surface area contributed by atoms with Gasteiger partial charge in [-0.3, -0.25) is 9.69 Å². The minimum Gasteiger partial charge on any atom is -0.293 e. The molecule has 1 aromatic rings. The predicted molar refractivity (Wildman–Crippen MR) is 65.8 cm³/mol. The number of carbonyl (C=O) groups is 1. The number of ketones is 1. The zero-order chi connectivity index (χ0) is 11.5. The monoisotopic (exact) mass is 217 g/mol. The van der Waals surface area contributed by atoms with E-state index in [4.69, 9.17) is 0 Å². The van der Waals surface area contributed by atoms with Crippen LogP contribution in [0.4, 0.5) is 0 Å². The average Bonchev–Trinajstić information content (AvgIpc) is 2.65. The molecule has 0 saturated carbocycles. The fourth-order valence-corrected chi connectivity index (χ4v) is 2.24. The molecule has 1 aromatic carbocycles. The highest BCUT2D eigenvalue weighted by Gasteiger charge is 2.22. The second-order valence-electron chi connectivity index (χ2n) is 4.75. The first-order valence-corrected chi connectivity index (χ1v) is 6.01. The van der Waals surface area contributed by atoms with E-state index in [1.54, 1.807) is 0 Å². The Morgan fingerprint density at radius 1 is 1.38 bits per heavy atom. The van der Waals surface area contributed by atoms with Crippen LogP contribution < -0.4 is 0 Å². The second kappa shape index (κ2) is 4.79. The summed E-state index contributed by atoms with van der Waals surface area (Å²) in [7, 11) is 0. The van der Waals surface area contributed by atoms with Crippen LogP contribution in [-0.4, -0.2) is 29.8 Å². The number of likely N-dealkylation sites (tertiary alicyclic amines) is 1. The molecule has 0 aromatic heterocycles. The summed E-state index contributed by atoms with van der Waals surface area (Å²) in [6.07, 6.45) is 2.45. The highest BCUT2D eigenvalue weighted by atomic mass is 16.1. The summed E-state index contributed by atoms with van der Waals surface area (Å²) in [5, 5.41) is 0. The standard InChI is InChI=1S/C14H19NO/c1-11-5-7-13(8-6-11)14(16)10-15-9-3-4-12(15)2/h5-8,12H,3-4,9-10H2,1-2H3. The SMILES string of the molecule is Cc1ccc(C(=O)CN2CCCC2C)cc1. The lowest BCUT2D eigenvalue weighted by Gasteiger charge is -2.19. The Bertz CT molecular complexity index is 369. The molecule has 2 nitrogen and oxygen atoms in total. The lowest BCUT2D eigenvalue weighted by atomic mass is 10.1. The summed E-state index contributed by atoms with van der Waals surface area (Å²) in [5.74, 6) is 0.244. The van der Waals surface area contributed by atoms with Crippen molar-refractivity contribution >= 4 is 5.78 Å². The van der Waals surface area contributed by atoms with Crippen LogP contribution in [0.3, 0.4) is 0 Å². The van der Waals surface area contributed by atoms with Crippen molar-refractivity contribution in [2.45, 2.75) is 32.7 Å². The maximum Gasteiger partial charge on any atom is 0.176 e. The van der Waals surface area contributed by atoms with E-state index in [1.165, 1.54) is 18.4 Å². The summed E-state index contributed by atoms with van der Waals surface area (Å²) >= 11 is 0. The third kappa shape index (κ3) is 2.50. The van der Waals surface area contributed by atoms with E-state index in [1.807, 2.05) is 31.2 Å². The van der Waals surface area contributed by atoms with Gasteiger partial charge in [0.15, 0.2) is 5.78 Å². The van der Waals surface area contributed by atoms with E-state index < -0.39 is 0 Å². The van der Waals surface area contributed by atoms with E-state index in [-0.39, 0.29) is 5.78 Å². The molecule has 1 heterocycles. The molecule has 0 bridgehead atoms. The summed E-state index contributed by atoms with van der Waals surface area (Å²) in [4.78, 5) is 14.3. The van der Waals surface area contributed by atoms with Crippen molar-refractivity contribution in [2.24, 2.45) is 0 Å². The Hall–Kier alpha value is -1.15. The van der Waals surface area contributed by atoms with Crippen LogP contribution in [0.25, 0.3) is 0 Å². The molecule has 1 aliphatic heterocycles. The van der Waals surface area contributed by atoms with Crippen molar-refractivity contribution < 1.29 is 4.79 Å². The summed E-state index contributed by atoms with van der Waals surface area (Å²) in [6, 6.07) is 8.42. The Labute approximate surface area is 97.3 Å². The van der Waals surface area contributed by atoms with E-state index in [0.29, 0.717) is 12.6 Å². The van der Waals surface area contributed by atoms with Gasteiger partial charge in [-0.1, -0.05) is 29.8 Å². The normalized spacial score (nSPS) is 21.2. The zero-order valence-electron chi connectivity index (χ0n) is 10.1. The molecule has 1 atom stereocenters. The Balaban J connectivity index is 2.00. The minimum atomic E-state index is 0.244. The van der Waals surface area contributed by atoms with E-state index in [0.717, 1.165) is 12.1 Å². The van der Waals surface area contributed by atoms with Crippen LogP contribution in [0.1, 0.15) is 35.7 Å². The molecular formula is C14H19NO. The number of Topliss-reactive ketones (excluding diaryl/α,β-unsaturated/α-hetero) is 1. The molecule has 0 aliphatic carbocycles. The molecule has 1 saturated heterocycles. The van der Waals surface area contributed by atoms with Gasteiger partial charge in [0.1, 0.15) is 0 Å². The van der Waals surface area contributed by atoms with Crippen LogP contribution in [0, 0.1) is 6.92 Å². The summed E-state index contributed by atoms with van der Waals surface area (Å²) in [5.41, 5.74) is 2.04. The third-order valence-electron chi connectivity index (χ3n) is 3.41. The number of benzene rings is 1. The number of carbonyl (C=O) groups excluding carboxylic acids is 1. The highest BCUT2D eigenvalue weighted by molar-refractivity contribution is 5.97. The minimum absolute atomic E-state index is 0.244. The molecule has 1 fully saturated rings. The fraction of sp³-hybridized carbons (Fsp3) is 0.500. The van der Waals surface area contributed by atoms with Crippen molar-refractivity contribution in [3.63, 3.8) is 0 Å². The van der Waals surface area contributed by atoms with Gasteiger partial charge in [0.05, 0.1) is 6.54 Å². The number of hydrogen-bond acceptors (Lipinski definition) is 2. The molecular weight excluding hydrogens is 198 g/mol. The predicted octanol–water partition coefficient (Wildman–Crippen LogP) is 2.66. The first-order chi connectivity index (χ1) is 7.66. The number of aryl methyl sites for hydroxylation is 1. The smallest absolute Gasteiger partial charge is 0.176 e. The fourth-order valence-electron chi connectivity index (χ4n) is 2.24. The van der Waals surface area contributed by atoms with Gasteiger partial charge >= 0.3 is 0 Å². The number of nitrogens with zero attached hydrogens (tertiary/aromatic N) is 1. The van der Waals surface area contributed by atoms with Gasteiger partial charge in [0, 0.05) is 11.6 Å². The van der Waals surface area contributed by atoms with Crippen LogP contribution in [0.15, 0.2) is 24.3 Å². The van der Waals surface area contributed by atoms with Gasteiger partial charge in [-0.25, -0.2) is 0 Å². The van der Waals surface area contributed by atoms with Gasteiger partial charge in [0.25, 0.3) is 0 Å². The van der Waals surface area contributed by atoms with E-state index in [9.17, 15) is 4.79 Å². The van der Waals surface area contributed by atoms with Crippen LogP contribution in [-0.2, 0) is 0 Å². The molecule has 0 N–H and O–H groups in total. The second-order valence-corrected chi connectivity index (χ2v) is 4.75. The van der Waals surface area contributed by atoms with Crippen molar-refractivity contribution in [1.82, 2.24) is 4.90 Å². The average molecular weight is 217 g/mol. The largest absolute Gasteiger partial charge is 0.293 e. The Kier molecular flexibility index (Phi) is 3.39. The molecule has 2 rings (SSSR count). The number of hydrogen-bond donors (Lipinski definition) is 0. The van der Waals surface area contributed by atoms with Gasteiger partial charge < -0.3 is 0 Å². The van der Waals surface area contributed by atoms with E-state index >= 15 is 0 Å². The topological polar surface area (TPSA) is 20.3 Å². The Morgan fingerprint density at radius 2 is 2.06 bits per heavy atom. The van der Waals surface area contributed by atoms with Crippen LogP contribution in [0.5, 0.6) is 0 Å². The Morgan fingerprint density at radius 3 is 2.62 bits per heavy atom. The molecule has 0 amide bonds. The third-order valence-corrected chi connectivity index (χ3v) is 3.41. The maximum atomic E-state index is 12.0. The molecule has 2 heteroatoms.